The lowest BCUT2D eigenvalue weighted by Crippen LogP contribution is -2.09. The number of hydrogen-bond donors (Lipinski definition) is 0. The minimum Gasteiger partial charge on any atom is -0.122 e. The number of benzene rings is 1. The Morgan fingerprint density at radius 3 is 2.45 bits per heavy atom. The van der Waals surface area contributed by atoms with E-state index in [0.29, 0.717) is 5.88 Å². The first kappa shape index (κ1) is 7.17. The Morgan fingerprint density at radius 1 is 1.27 bits per heavy atom. The minimum atomic E-state index is 0.652. The molecule has 1 heteroatoms. The highest BCUT2D eigenvalue weighted by Gasteiger charge is 2.14. The summed E-state index contributed by atoms with van der Waals surface area (Å²) in [7, 11) is 0. The molecule has 0 radical (unpaired) electrons. The van der Waals surface area contributed by atoms with Crippen molar-refractivity contribution in [3.63, 3.8) is 0 Å². The number of rotatable bonds is 1. The molecule has 0 nitrogen and oxygen atoms in total. The van der Waals surface area contributed by atoms with E-state index >= 15 is 0 Å². The monoisotopic (exact) mass is 166 g/mol. The maximum absolute atomic E-state index is 5.78. The summed E-state index contributed by atoms with van der Waals surface area (Å²) < 4.78 is 0. The number of halogens is 1. The summed E-state index contributed by atoms with van der Waals surface area (Å²) in [6.45, 7) is 2.14. The van der Waals surface area contributed by atoms with Crippen LogP contribution >= 0.6 is 11.6 Å². The Kier molecular flexibility index (Phi) is 1.65. The molecule has 0 atom stereocenters. The Balaban J connectivity index is 2.50. The predicted molar refractivity (Wildman–Crippen MR) is 48.1 cm³/mol. The average Bonchev–Trinajstić information content (AvgIpc) is 1.97. The molecule has 0 aromatic heterocycles. The Morgan fingerprint density at radius 2 is 1.91 bits per heavy atom. The van der Waals surface area contributed by atoms with Gasteiger partial charge in [-0.2, -0.15) is 0 Å². The molecule has 0 amide bonds. The summed E-state index contributed by atoms with van der Waals surface area (Å²) in [6.07, 6.45) is 2.51. The van der Waals surface area contributed by atoms with Crippen molar-refractivity contribution in [3.8, 4) is 0 Å². The van der Waals surface area contributed by atoms with Gasteiger partial charge in [-0.3, -0.25) is 0 Å². The molecule has 1 aromatic rings. The molecule has 1 aliphatic carbocycles. The normalized spacial score (nSPS) is 14.0. The van der Waals surface area contributed by atoms with Gasteiger partial charge >= 0.3 is 0 Å². The minimum absolute atomic E-state index is 0.652. The van der Waals surface area contributed by atoms with Crippen molar-refractivity contribution in [2.75, 3.05) is 0 Å². The molecule has 0 saturated carbocycles. The fraction of sp³-hybridized carbons (Fsp3) is 0.400. The standard InChI is InChI=1S/C10H11Cl/c1-7-4-8-2-3-9(8)5-10(7)6-11/h4-5H,2-3,6H2,1H3. The molecule has 1 aliphatic rings. The van der Waals surface area contributed by atoms with Crippen molar-refractivity contribution >= 4 is 11.6 Å². The molecule has 58 valence electrons. The first-order valence-corrected chi connectivity index (χ1v) is 4.52. The smallest absolute Gasteiger partial charge is 0.0476 e. The van der Waals surface area contributed by atoms with Gasteiger partial charge in [0.1, 0.15) is 0 Å². The van der Waals surface area contributed by atoms with E-state index in [0.717, 1.165) is 0 Å². The zero-order chi connectivity index (χ0) is 7.84. The maximum Gasteiger partial charge on any atom is 0.0476 e. The molecule has 0 spiro atoms. The zero-order valence-corrected chi connectivity index (χ0v) is 7.41. The van der Waals surface area contributed by atoms with Crippen molar-refractivity contribution in [1.82, 2.24) is 0 Å². The molecule has 0 fully saturated rings. The van der Waals surface area contributed by atoms with Crippen LogP contribution in [0.1, 0.15) is 22.3 Å². The molecule has 1 aromatic carbocycles. The fourth-order valence-corrected chi connectivity index (χ4v) is 1.85. The van der Waals surface area contributed by atoms with Gasteiger partial charge in [0.25, 0.3) is 0 Å². The van der Waals surface area contributed by atoms with Gasteiger partial charge in [-0.05, 0) is 42.0 Å². The van der Waals surface area contributed by atoms with Gasteiger partial charge in [-0.15, -0.1) is 11.6 Å². The zero-order valence-electron chi connectivity index (χ0n) is 6.65. The summed E-state index contributed by atoms with van der Waals surface area (Å²) in [5.74, 6) is 0.652. The van der Waals surface area contributed by atoms with Gasteiger partial charge in [0.05, 0.1) is 0 Å². The van der Waals surface area contributed by atoms with Crippen LogP contribution in [-0.4, -0.2) is 0 Å². The third kappa shape index (κ3) is 1.06. The van der Waals surface area contributed by atoms with Crippen LogP contribution in [-0.2, 0) is 18.7 Å². The van der Waals surface area contributed by atoms with E-state index in [2.05, 4.69) is 19.1 Å². The van der Waals surface area contributed by atoms with E-state index in [1.54, 1.807) is 0 Å². The number of hydrogen-bond acceptors (Lipinski definition) is 0. The van der Waals surface area contributed by atoms with E-state index in [9.17, 15) is 0 Å². The summed E-state index contributed by atoms with van der Waals surface area (Å²) in [5, 5.41) is 0. The highest BCUT2D eigenvalue weighted by Crippen LogP contribution is 2.26. The highest BCUT2D eigenvalue weighted by atomic mass is 35.5. The number of fused-ring (bicyclic) bond motifs is 1. The van der Waals surface area contributed by atoms with Crippen LogP contribution in [0, 0.1) is 6.92 Å². The van der Waals surface area contributed by atoms with Crippen LogP contribution in [0.15, 0.2) is 12.1 Å². The average molecular weight is 167 g/mol. The molecule has 0 N–H and O–H groups in total. The van der Waals surface area contributed by atoms with E-state index < -0.39 is 0 Å². The molecule has 0 aliphatic heterocycles. The summed E-state index contributed by atoms with van der Waals surface area (Å²) in [5.41, 5.74) is 5.67. The third-order valence-corrected chi connectivity index (χ3v) is 2.75. The number of aryl methyl sites for hydroxylation is 3. The Labute approximate surface area is 72.2 Å². The molecule has 0 bridgehead atoms. The summed E-state index contributed by atoms with van der Waals surface area (Å²) in [4.78, 5) is 0. The van der Waals surface area contributed by atoms with Crippen LogP contribution in [0.3, 0.4) is 0 Å². The lowest BCUT2D eigenvalue weighted by molar-refractivity contribution is 0.832. The van der Waals surface area contributed by atoms with Gasteiger partial charge in [0, 0.05) is 5.88 Å². The van der Waals surface area contributed by atoms with Crippen LogP contribution in [0.5, 0.6) is 0 Å². The van der Waals surface area contributed by atoms with E-state index in [4.69, 9.17) is 11.6 Å². The second kappa shape index (κ2) is 2.53. The van der Waals surface area contributed by atoms with Gasteiger partial charge < -0.3 is 0 Å². The van der Waals surface area contributed by atoms with Gasteiger partial charge in [-0.25, -0.2) is 0 Å². The SMILES string of the molecule is Cc1cc2c(cc1CCl)CC2. The van der Waals surface area contributed by atoms with E-state index in [-0.39, 0.29) is 0 Å². The van der Waals surface area contributed by atoms with E-state index in [1.807, 2.05) is 0 Å². The lowest BCUT2D eigenvalue weighted by atomic mass is 9.85. The predicted octanol–water partition coefficient (Wildman–Crippen LogP) is 2.83. The highest BCUT2D eigenvalue weighted by molar-refractivity contribution is 6.17. The Hall–Kier alpha value is -0.490. The molecule has 0 saturated heterocycles. The second-order valence-corrected chi connectivity index (χ2v) is 3.45. The quantitative estimate of drug-likeness (QED) is 0.563. The molecule has 0 unspecified atom stereocenters. The Bertz CT molecular complexity index is 289. The van der Waals surface area contributed by atoms with Crippen LogP contribution < -0.4 is 0 Å². The van der Waals surface area contributed by atoms with Gasteiger partial charge in [0.15, 0.2) is 0 Å². The van der Waals surface area contributed by atoms with Crippen molar-refractivity contribution in [2.24, 2.45) is 0 Å². The van der Waals surface area contributed by atoms with Crippen LogP contribution in [0.25, 0.3) is 0 Å². The lowest BCUT2D eigenvalue weighted by Gasteiger charge is -2.20. The topological polar surface area (TPSA) is 0 Å². The molecule has 2 rings (SSSR count). The first-order chi connectivity index (χ1) is 5.31. The van der Waals surface area contributed by atoms with Crippen LogP contribution in [0.4, 0.5) is 0 Å². The molecular formula is C10H11Cl. The van der Waals surface area contributed by atoms with Crippen molar-refractivity contribution in [1.29, 1.82) is 0 Å². The fourth-order valence-electron chi connectivity index (χ4n) is 1.57. The van der Waals surface area contributed by atoms with Crippen molar-refractivity contribution < 1.29 is 0 Å². The second-order valence-electron chi connectivity index (χ2n) is 3.18. The largest absolute Gasteiger partial charge is 0.122 e. The van der Waals surface area contributed by atoms with Gasteiger partial charge in [-0.1, -0.05) is 12.1 Å². The third-order valence-electron chi connectivity index (χ3n) is 2.47. The number of alkyl halides is 1. The van der Waals surface area contributed by atoms with E-state index in [1.165, 1.54) is 35.1 Å². The summed E-state index contributed by atoms with van der Waals surface area (Å²) in [6, 6.07) is 4.53. The van der Waals surface area contributed by atoms with Crippen LogP contribution in [0.2, 0.25) is 0 Å². The first-order valence-electron chi connectivity index (χ1n) is 3.98. The van der Waals surface area contributed by atoms with Crippen molar-refractivity contribution in [2.45, 2.75) is 25.6 Å². The maximum atomic E-state index is 5.78. The van der Waals surface area contributed by atoms with Crippen molar-refractivity contribution in [3.05, 3.63) is 34.4 Å². The van der Waals surface area contributed by atoms with Gasteiger partial charge in [0.2, 0.25) is 0 Å². The molecule has 0 heterocycles. The summed E-state index contributed by atoms with van der Waals surface area (Å²) >= 11 is 5.78. The molecular weight excluding hydrogens is 156 g/mol. The molecule has 11 heavy (non-hydrogen) atoms.